The molecule has 1 aliphatic rings. The van der Waals surface area contributed by atoms with Crippen LogP contribution in [0.3, 0.4) is 0 Å². The molecule has 1 saturated carbocycles. The van der Waals surface area contributed by atoms with Crippen molar-refractivity contribution in [2.45, 2.75) is 45.4 Å². The molecule has 1 N–H and O–H groups in total. The highest BCUT2D eigenvalue weighted by Crippen LogP contribution is 2.47. The van der Waals surface area contributed by atoms with Crippen LogP contribution in [-0.4, -0.2) is 25.8 Å². The molecule has 154 valence electrons. The average Bonchev–Trinajstić information content (AvgIpc) is 3.49. The zero-order chi connectivity index (χ0) is 21.0. The van der Waals surface area contributed by atoms with Crippen LogP contribution in [0.1, 0.15) is 56.7 Å². The van der Waals surface area contributed by atoms with E-state index in [0.29, 0.717) is 18.1 Å². The van der Waals surface area contributed by atoms with Gasteiger partial charge in [-0.1, -0.05) is 45.0 Å². The van der Waals surface area contributed by atoms with Gasteiger partial charge < -0.3 is 9.47 Å². The van der Waals surface area contributed by atoms with Crippen LogP contribution in [0.4, 0.5) is 0 Å². The standard InChI is InChI=1S/C24H30N2O3/c1-6-29-21-12-7-16(13-22(21)28-5)15-25-26-23(27)20-14-19(20)17-8-10-18(11-9-17)24(2,3)4/h7-13,15,19-20H,6,14H2,1-5H3,(H,26,27)/t19-,20+/m1/s1. The Bertz CT molecular complexity index is 882. The van der Waals surface area contributed by atoms with Crippen LogP contribution in [0.2, 0.25) is 0 Å². The van der Waals surface area contributed by atoms with Crippen LogP contribution in [0.5, 0.6) is 11.5 Å². The van der Waals surface area contributed by atoms with Gasteiger partial charge in [0.1, 0.15) is 0 Å². The molecule has 29 heavy (non-hydrogen) atoms. The molecule has 0 unspecified atom stereocenters. The van der Waals surface area contributed by atoms with E-state index in [9.17, 15) is 4.79 Å². The minimum Gasteiger partial charge on any atom is -0.493 e. The summed E-state index contributed by atoms with van der Waals surface area (Å²) >= 11 is 0. The number of nitrogens with one attached hydrogen (secondary N) is 1. The maximum atomic E-state index is 12.4. The monoisotopic (exact) mass is 394 g/mol. The lowest BCUT2D eigenvalue weighted by Crippen LogP contribution is -2.20. The Morgan fingerprint density at radius 3 is 2.52 bits per heavy atom. The molecule has 0 heterocycles. The zero-order valence-electron chi connectivity index (χ0n) is 17.9. The van der Waals surface area contributed by atoms with E-state index in [1.165, 1.54) is 11.1 Å². The first-order chi connectivity index (χ1) is 13.8. The van der Waals surface area contributed by atoms with Gasteiger partial charge in [-0.2, -0.15) is 5.10 Å². The molecule has 0 bridgehead atoms. The van der Waals surface area contributed by atoms with Gasteiger partial charge >= 0.3 is 0 Å². The summed E-state index contributed by atoms with van der Waals surface area (Å²) in [5.74, 6) is 1.56. The number of hydrogen-bond donors (Lipinski definition) is 1. The number of carbonyl (C=O) groups is 1. The minimum absolute atomic E-state index is 0.0116. The highest BCUT2D eigenvalue weighted by atomic mass is 16.5. The fourth-order valence-corrected chi connectivity index (χ4v) is 3.38. The highest BCUT2D eigenvalue weighted by Gasteiger charge is 2.44. The molecule has 0 saturated heterocycles. The number of carbonyl (C=O) groups excluding carboxylic acids is 1. The first-order valence-electron chi connectivity index (χ1n) is 10.1. The maximum absolute atomic E-state index is 12.4. The summed E-state index contributed by atoms with van der Waals surface area (Å²) in [5, 5.41) is 4.11. The number of benzene rings is 2. The number of methoxy groups -OCH3 is 1. The lowest BCUT2D eigenvalue weighted by molar-refractivity contribution is -0.122. The van der Waals surface area contributed by atoms with Crippen molar-refractivity contribution in [1.29, 1.82) is 0 Å². The fourth-order valence-electron chi connectivity index (χ4n) is 3.38. The number of hydrazone groups is 1. The third-order valence-corrected chi connectivity index (χ3v) is 5.21. The molecular formula is C24H30N2O3. The lowest BCUT2D eigenvalue weighted by Gasteiger charge is -2.19. The van der Waals surface area contributed by atoms with E-state index in [1.54, 1.807) is 13.3 Å². The Hall–Kier alpha value is -2.82. The summed E-state index contributed by atoms with van der Waals surface area (Å²) < 4.78 is 10.8. The van der Waals surface area contributed by atoms with Crippen molar-refractivity contribution in [3.63, 3.8) is 0 Å². The summed E-state index contributed by atoms with van der Waals surface area (Å²) in [6, 6.07) is 14.2. The van der Waals surface area contributed by atoms with Crippen molar-refractivity contribution >= 4 is 12.1 Å². The predicted molar refractivity (Wildman–Crippen MR) is 116 cm³/mol. The number of nitrogens with zero attached hydrogens (tertiary/aromatic N) is 1. The highest BCUT2D eigenvalue weighted by molar-refractivity contribution is 5.86. The first kappa shape index (κ1) is 20.9. The molecule has 1 fully saturated rings. The zero-order valence-corrected chi connectivity index (χ0v) is 17.9. The van der Waals surface area contributed by atoms with Crippen molar-refractivity contribution in [2.24, 2.45) is 11.0 Å². The van der Waals surface area contributed by atoms with Crippen molar-refractivity contribution < 1.29 is 14.3 Å². The molecule has 2 aromatic carbocycles. The van der Waals surface area contributed by atoms with Crippen LogP contribution < -0.4 is 14.9 Å². The largest absolute Gasteiger partial charge is 0.493 e. The smallest absolute Gasteiger partial charge is 0.243 e. The average molecular weight is 395 g/mol. The van der Waals surface area contributed by atoms with Crippen LogP contribution in [0, 0.1) is 5.92 Å². The summed E-state index contributed by atoms with van der Waals surface area (Å²) in [5.41, 5.74) is 6.15. The predicted octanol–water partition coefficient (Wildman–Crippen LogP) is 4.65. The summed E-state index contributed by atoms with van der Waals surface area (Å²) in [6.45, 7) is 9.10. The fraction of sp³-hybridized carbons (Fsp3) is 0.417. The van der Waals surface area contributed by atoms with Crippen LogP contribution in [0.15, 0.2) is 47.6 Å². The molecule has 0 aromatic heterocycles. The van der Waals surface area contributed by atoms with Gasteiger partial charge in [-0.25, -0.2) is 5.43 Å². The van der Waals surface area contributed by atoms with Crippen molar-refractivity contribution in [3.05, 3.63) is 59.2 Å². The Labute approximate surface area is 173 Å². The third kappa shape index (κ3) is 5.17. The molecule has 0 aliphatic heterocycles. The van der Waals surface area contributed by atoms with Crippen LogP contribution >= 0.6 is 0 Å². The van der Waals surface area contributed by atoms with E-state index in [0.717, 1.165) is 12.0 Å². The first-order valence-corrected chi connectivity index (χ1v) is 10.1. The molecule has 0 spiro atoms. The van der Waals surface area contributed by atoms with Crippen molar-refractivity contribution in [1.82, 2.24) is 5.43 Å². The van der Waals surface area contributed by atoms with Gasteiger partial charge in [0.15, 0.2) is 11.5 Å². The van der Waals surface area contributed by atoms with Gasteiger partial charge in [0.25, 0.3) is 0 Å². The topological polar surface area (TPSA) is 59.9 Å². The van der Waals surface area contributed by atoms with Gasteiger partial charge in [-0.3, -0.25) is 4.79 Å². The van der Waals surface area contributed by atoms with E-state index in [-0.39, 0.29) is 23.2 Å². The van der Waals surface area contributed by atoms with Crippen LogP contribution in [0.25, 0.3) is 0 Å². The van der Waals surface area contributed by atoms with E-state index in [4.69, 9.17) is 9.47 Å². The Kier molecular flexibility index (Phi) is 6.26. The molecule has 2 atom stereocenters. The Morgan fingerprint density at radius 1 is 1.17 bits per heavy atom. The van der Waals surface area contributed by atoms with Gasteiger partial charge in [-0.15, -0.1) is 0 Å². The second kappa shape index (κ2) is 8.68. The lowest BCUT2D eigenvalue weighted by atomic mass is 9.86. The van der Waals surface area contributed by atoms with Gasteiger partial charge in [0.2, 0.25) is 5.91 Å². The quantitative estimate of drug-likeness (QED) is 0.549. The van der Waals surface area contributed by atoms with Gasteiger partial charge in [-0.05, 0) is 59.6 Å². The third-order valence-electron chi connectivity index (χ3n) is 5.21. The van der Waals surface area contributed by atoms with Crippen molar-refractivity contribution in [3.8, 4) is 11.5 Å². The van der Waals surface area contributed by atoms with E-state index in [2.05, 4.69) is 55.6 Å². The van der Waals surface area contributed by atoms with Gasteiger partial charge in [0.05, 0.1) is 19.9 Å². The Morgan fingerprint density at radius 2 is 1.90 bits per heavy atom. The summed E-state index contributed by atoms with van der Waals surface area (Å²) in [7, 11) is 1.60. The summed E-state index contributed by atoms with van der Waals surface area (Å²) in [4.78, 5) is 12.4. The molecule has 1 aliphatic carbocycles. The second-order valence-electron chi connectivity index (χ2n) is 8.40. The molecular weight excluding hydrogens is 364 g/mol. The van der Waals surface area contributed by atoms with E-state index < -0.39 is 0 Å². The van der Waals surface area contributed by atoms with Gasteiger partial charge in [0, 0.05) is 5.92 Å². The van der Waals surface area contributed by atoms with Crippen LogP contribution in [-0.2, 0) is 10.2 Å². The summed E-state index contributed by atoms with van der Waals surface area (Å²) in [6.07, 6.45) is 2.48. The molecule has 0 radical (unpaired) electrons. The molecule has 5 nitrogen and oxygen atoms in total. The maximum Gasteiger partial charge on any atom is 0.243 e. The SMILES string of the molecule is CCOc1ccc(C=NNC(=O)[C@H]2C[C@@H]2c2ccc(C(C)(C)C)cc2)cc1OC. The van der Waals surface area contributed by atoms with E-state index >= 15 is 0 Å². The molecule has 1 amide bonds. The molecule has 5 heteroatoms. The normalized spacial score (nSPS) is 18.5. The second-order valence-corrected chi connectivity index (χ2v) is 8.40. The number of ether oxygens (including phenoxy) is 2. The molecule has 3 rings (SSSR count). The molecule has 2 aromatic rings. The number of hydrogen-bond acceptors (Lipinski definition) is 4. The minimum atomic E-state index is -0.0379. The number of rotatable bonds is 7. The van der Waals surface area contributed by atoms with E-state index in [1.807, 2.05) is 25.1 Å². The number of amides is 1. The Balaban J connectivity index is 1.55. The van der Waals surface area contributed by atoms with Crippen molar-refractivity contribution in [2.75, 3.05) is 13.7 Å².